The number of aromatic nitrogens is 1. The van der Waals surface area contributed by atoms with Crippen molar-refractivity contribution in [3.8, 4) is 22.6 Å². The Morgan fingerprint density at radius 1 is 1.28 bits per heavy atom. The fourth-order valence-electron chi connectivity index (χ4n) is 3.09. The van der Waals surface area contributed by atoms with E-state index in [1.165, 1.54) is 0 Å². The van der Waals surface area contributed by atoms with E-state index in [4.69, 9.17) is 15.2 Å². The van der Waals surface area contributed by atoms with Crippen LogP contribution in [0.25, 0.3) is 11.1 Å². The second-order valence-corrected chi connectivity index (χ2v) is 6.90. The molecule has 1 aromatic carbocycles. The molecule has 0 fully saturated rings. The molecule has 2 heterocycles. The van der Waals surface area contributed by atoms with Crippen LogP contribution < -0.4 is 20.5 Å². The fraction of sp³-hybridized carbons (Fsp3) is 0.450. The molecule has 0 amide bonds. The number of nitrogens with two attached hydrogens (primary N) is 1. The predicted octanol–water partition coefficient (Wildman–Crippen LogP) is 3.83. The molecule has 0 unspecified atom stereocenters. The molecule has 0 radical (unpaired) electrons. The fourth-order valence-corrected chi connectivity index (χ4v) is 3.09. The third-order valence-corrected chi connectivity index (χ3v) is 4.21. The summed E-state index contributed by atoms with van der Waals surface area (Å²) in [5, 5.41) is 3.26. The van der Waals surface area contributed by atoms with Crippen molar-refractivity contribution >= 4 is 5.82 Å². The van der Waals surface area contributed by atoms with Gasteiger partial charge in [0.2, 0.25) is 0 Å². The Kier molecular flexibility index (Phi) is 5.43. The summed E-state index contributed by atoms with van der Waals surface area (Å²) >= 11 is 0. The van der Waals surface area contributed by atoms with Gasteiger partial charge in [0.1, 0.15) is 30.5 Å². The summed E-state index contributed by atoms with van der Waals surface area (Å²) in [6.45, 7) is 8.28. The molecular weight excluding hydrogens is 314 g/mol. The zero-order valence-electron chi connectivity index (χ0n) is 15.2. The lowest BCUT2D eigenvalue weighted by Crippen LogP contribution is -2.29. The smallest absolute Gasteiger partial charge is 0.131 e. The Balaban J connectivity index is 1.76. The van der Waals surface area contributed by atoms with Gasteiger partial charge < -0.3 is 20.5 Å². The van der Waals surface area contributed by atoms with E-state index in [1.807, 2.05) is 24.4 Å². The minimum Gasteiger partial charge on any atom is -0.492 e. The van der Waals surface area contributed by atoms with E-state index < -0.39 is 0 Å². The number of fused-ring (bicyclic) bond motifs is 3. The summed E-state index contributed by atoms with van der Waals surface area (Å²) < 4.78 is 11.7. The van der Waals surface area contributed by atoms with Gasteiger partial charge in [-0.2, -0.15) is 0 Å². The molecule has 1 aromatic heterocycles. The molecule has 1 atom stereocenters. The highest BCUT2D eigenvalue weighted by molar-refractivity contribution is 5.77. The number of nitrogens with zero attached hydrogens (tertiary/aromatic N) is 1. The zero-order chi connectivity index (χ0) is 17.8. The molecule has 134 valence electrons. The van der Waals surface area contributed by atoms with Crippen molar-refractivity contribution < 1.29 is 9.47 Å². The maximum Gasteiger partial charge on any atom is 0.131 e. The number of nitrogens with one attached hydrogen (secondary N) is 1. The first-order valence-electron chi connectivity index (χ1n) is 8.95. The SMILES string of the molecule is CCNc1cc2c(cn1)COc1cc(OC[C@@H](N)CC(C)C)ccc1-2. The van der Waals surface area contributed by atoms with Crippen molar-refractivity contribution in [2.45, 2.75) is 39.8 Å². The first kappa shape index (κ1) is 17.5. The number of hydrogen-bond donors (Lipinski definition) is 2. The average molecular weight is 341 g/mol. The van der Waals surface area contributed by atoms with Crippen LogP contribution in [0.5, 0.6) is 11.5 Å². The predicted molar refractivity (Wildman–Crippen MR) is 101 cm³/mol. The summed E-state index contributed by atoms with van der Waals surface area (Å²) in [5.74, 6) is 3.09. The normalized spacial score (nSPS) is 13.6. The molecule has 1 aliphatic rings. The Bertz CT molecular complexity index is 731. The standard InChI is InChI=1S/C20H27N3O2/c1-4-22-20-9-18-14(10-23-20)11-25-19-8-16(5-6-17(18)19)24-12-15(21)7-13(2)3/h5-6,8-10,13,15H,4,7,11-12,21H2,1-3H3,(H,22,23)/t15-/m0/s1. The van der Waals surface area contributed by atoms with Crippen LogP contribution in [-0.4, -0.2) is 24.2 Å². The number of pyridine rings is 1. The first-order valence-corrected chi connectivity index (χ1v) is 8.95. The Morgan fingerprint density at radius 2 is 2.12 bits per heavy atom. The topological polar surface area (TPSA) is 69.4 Å². The van der Waals surface area contributed by atoms with Crippen molar-refractivity contribution in [2.24, 2.45) is 11.7 Å². The Morgan fingerprint density at radius 3 is 2.88 bits per heavy atom. The van der Waals surface area contributed by atoms with Crippen molar-refractivity contribution in [2.75, 3.05) is 18.5 Å². The molecule has 3 N–H and O–H groups in total. The number of hydrogen-bond acceptors (Lipinski definition) is 5. The van der Waals surface area contributed by atoms with E-state index >= 15 is 0 Å². The van der Waals surface area contributed by atoms with Crippen LogP contribution in [0.4, 0.5) is 5.82 Å². The Hall–Kier alpha value is -2.27. The van der Waals surface area contributed by atoms with Crippen LogP contribution in [0, 0.1) is 5.92 Å². The third-order valence-electron chi connectivity index (χ3n) is 4.21. The van der Waals surface area contributed by atoms with E-state index in [2.05, 4.69) is 37.1 Å². The highest BCUT2D eigenvalue weighted by Gasteiger charge is 2.19. The van der Waals surface area contributed by atoms with Gasteiger partial charge in [0.25, 0.3) is 0 Å². The molecule has 0 aliphatic carbocycles. The van der Waals surface area contributed by atoms with Crippen molar-refractivity contribution in [3.05, 3.63) is 36.0 Å². The van der Waals surface area contributed by atoms with Crippen LogP contribution >= 0.6 is 0 Å². The number of rotatable bonds is 7. The largest absolute Gasteiger partial charge is 0.492 e. The molecule has 3 rings (SSSR count). The lowest BCUT2D eigenvalue weighted by molar-refractivity contribution is 0.265. The van der Waals surface area contributed by atoms with Crippen LogP contribution in [0.15, 0.2) is 30.5 Å². The zero-order valence-corrected chi connectivity index (χ0v) is 15.2. The van der Waals surface area contributed by atoms with Crippen LogP contribution in [-0.2, 0) is 6.61 Å². The molecule has 5 heteroatoms. The highest BCUT2D eigenvalue weighted by Crippen LogP contribution is 2.40. The minimum absolute atomic E-state index is 0.0476. The van der Waals surface area contributed by atoms with Gasteiger partial charge in [0, 0.05) is 36.0 Å². The molecule has 25 heavy (non-hydrogen) atoms. The Labute approximate surface area is 149 Å². The summed E-state index contributed by atoms with van der Waals surface area (Å²) in [4.78, 5) is 4.41. The minimum atomic E-state index is 0.0476. The molecule has 1 aliphatic heterocycles. The summed E-state index contributed by atoms with van der Waals surface area (Å²) in [7, 11) is 0. The van der Waals surface area contributed by atoms with Crippen molar-refractivity contribution in [1.29, 1.82) is 0 Å². The van der Waals surface area contributed by atoms with Crippen molar-refractivity contribution in [1.82, 2.24) is 4.98 Å². The highest BCUT2D eigenvalue weighted by atomic mass is 16.5. The van der Waals surface area contributed by atoms with E-state index in [9.17, 15) is 0 Å². The van der Waals surface area contributed by atoms with E-state index in [1.54, 1.807) is 0 Å². The molecule has 5 nitrogen and oxygen atoms in total. The molecular formula is C20H27N3O2. The van der Waals surface area contributed by atoms with Gasteiger partial charge in [-0.1, -0.05) is 13.8 Å². The number of anilines is 1. The van der Waals surface area contributed by atoms with E-state index in [-0.39, 0.29) is 6.04 Å². The van der Waals surface area contributed by atoms with Gasteiger partial charge in [-0.3, -0.25) is 0 Å². The second kappa shape index (κ2) is 7.74. The summed E-state index contributed by atoms with van der Waals surface area (Å²) in [6, 6.07) is 8.11. The lowest BCUT2D eigenvalue weighted by atomic mass is 9.98. The number of ether oxygens (including phenoxy) is 2. The van der Waals surface area contributed by atoms with Crippen LogP contribution in [0.1, 0.15) is 32.8 Å². The van der Waals surface area contributed by atoms with Crippen molar-refractivity contribution in [3.63, 3.8) is 0 Å². The maximum atomic E-state index is 6.10. The van der Waals surface area contributed by atoms with Gasteiger partial charge in [-0.05, 0) is 43.0 Å². The molecule has 0 bridgehead atoms. The average Bonchev–Trinajstić information content (AvgIpc) is 2.59. The van der Waals surface area contributed by atoms with E-state index in [0.29, 0.717) is 19.1 Å². The molecule has 2 aromatic rings. The van der Waals surface area contributed by atoms with Gasteiger partial charge in [-0.15, -0.1) is 0 Å². The van der Waals surface area contributed by atoms with Gasteiger partial charge >= 0.3 is 0 Å². The third kappa shape index (κ3) is 4.23. The summed E-state index contributed by atoms with van der Waals surface area (Å²) in [6.07, 6.45) is 2.83. The van der Waals surface area contributed by atoms with Gasteiger partial charge in [0.05, 0.1) is 0 Å². The van der Waals surface area contributed by atoms with E-state index in [0.717, 1.165) is 47.0 Å². The monoisotopic (exact) mass is 341 g/mol. The van der Waals surface area contributed by atoms with Gasteiger partial charge in [-0.25, -0.2) is 4.98 Å². The number of benzene rings is 1. The maximum absolute atomic E-state index is 6.10. The van der Waals surface area contributed by atoms with Crippen LogP contribution in [0.2, 0.25) is 0 Å². The van der Waals surface area contributed by atoms with Gasteiger partial charge in [0.15, 0.2) is 0 Å². The molecule has 0 spiro atoms. The molecule has 0 saturated heterocycles. The van der Waals surface area contributed by atoms with Crippen LogP contribution in [0.3, 0.4) is 0 Å². The lowest BCUT2D eigenvalue weighted by Gasteiger charge is -2.22. The summed E-state index contributed by atoms with van der Waals surface area (Å²) in [5.41, 5.74) is 9.43. The first-order chi connectivity index (χ1) is 12.1. The second-order valence-electron chi connectivity index (χ2n) is 6.90. The quantitative estimate of drug-likeness (QED) is 0.801. The molecule has 0 saturated carbocycles.